The Balaban J connectivity index is 1.80. The summed E-state index contributed by atoms with van der Waals surface area (Å²) in [6.07, 6.45) is 6.60. The maximum absolute atomic E-state index is 11.7. The highest BCUT2D eigenvalue weighted by atomic mass is 35.5. The molecule has 0 saturated heterocycles. The number of benzene rings is 2. The molecule has 3 aromatic rings. The van der Waals surface area contributed by atoms with E-state index in [2.05, 4.69) is 26.5 Å². The van der Waals surface area contributed by atoms with Gasteiger partial charge in [0.1, 0.15) is 17.4 Å². The van der Waals surface area contributed by atoms with Crippen LogP contribution >= 0.6 is 11.6 Å². The van der Waals surface area contributed by atoms with Crippen LogP contribution in [0.2, 0.25) is 5.02 Å². The number of aromatic nitrogens is 2. The fraction of sp³-hybridized carbons (Fsp3) is 0.100. The van der Waals surface area contributed by atoms with Crippen molar-refractivity contribution in [2.45, 2.75) is 11.8 Å². The lowest BCUT2D eigenvalue weighted by molar-refractivity contribution is 0.370. The van der Waals surface area contributed by atoms with Crippen molar-refractivity contribution < 1.29 is 13.2 Å². The Morgan fingerprint density at radius 3 is 2.53 bits per heavy atom. The second kappa shape index (κ2) is 9.00. The number of nitrogens with zero attached hydrogens (tertiary/aromatic N) is 2. The lowest BCUT2D eigenvalue weighted by atomic mass is 10.2. The van der Waals surface area contributed by atoms with Crippen LogP contribution in [0.5, 0.6) is 5.75 Å². The maximum atomic E-state index is 11.7. The summed E-state index contributed by atoms with van der Waals surface area (Å²) in [6.45, 7) is 1.85. The lowest BCUT2D eigenvalue weighted by Crippen LogP contribution is -2.14. The maximum Gasteiger partial charge on any atom is 0.238 e. The molecular formula is C20H18ClN5O3S. The average Bonchev–Trinajstić information content (AvgIpc) is 2.70. The van der Waals surface area contributed by atoms with Crippen molar-refractivity contribution in [2.24, 2.45) is 5.14 Å². The molecule has 0 aliphatic heterocycles. The Labute approximate surface area is 179 Å². The fourth-order valence-corrected chi connectivity index (χ4v) is 3.47. The first-order valence-corrected chi connectivity index (χ1v) is 10.5. The van der Waals surface area contributed by atoms with Crippen molar-refractivity contribution >= 4 is 44.8 Å². The Bertz CT molecular complexity index is 1210. The number of nitrogens with two attached hydrogens (primary N) is 1. The molecule has 0 aliphatic rings. The lowest BCUT2D eigenvalue weighted by Gasteiger charge is -2.12. The molecule has 0 bridgehead atoms. The molecule has 2 aromatic carbocycles. The van der Waals surface area contributed by atoms with E-state index in [0.29, 0.717) is 27.8 Å². The third-order valence-electron chi connectivity index (χ3n) is 3.93. The van der Waals surface area contributed by atoms with Gasteiger partial charge in [-0.25, -0.2) is 18.5 Å². The van der Waals surface area contributed by atoms with Crippen molar-refractivity contribution in [1.82, 2.24) is 9.97 Å². The van der Waals surface area contributed by atoms with Crippen molar-refractivity contribution in [2.75, 3.05) is 17.2 Å². The highest BCUT2D eigenvalue weighted by Crippen LogP contribution is 2.27. The van der Waals surface area contributed by atoms with Crippen LogP contribution in [0.4, 0.5) is 23.1 Å². The zero-order valence-electron chi connectivity index (χ0n) is 15.9. The third-order valence-corrected chi connectivity index (χ3v) is 5.26. The molecule has 0 saturated carbocycles. The summed E-state index contributed by atoms with van der Waals surface area (Å²) in [5.41, 5.74) is 1.73. The zero-order valence-corrected chi connectivity index (χ0v) is 17.5. The van der Waals surface area contributed by atoms with Gasteiger partial charge in [0.25, 0.3) is 0 Å². The van der Waals surface area contributed by atoms with Gasteiger partial charge in [-0.3, -0.25) is 0 Å². The number of terminal acetylenes is 1. The van der Waals surface area contributed by atoms with Crippen LogP contribution in [-0.4, -0.2) is 25.0 Å². The molecule has 0 unspecified atom stereocenters. The van der Waals surface area contributed by atoms with Gasteiger partial charge >= 0.3 is 0 Å². The number of nitrogens with one attached hydrogen (secondary N) is 2. The fourth-order valence-electron chi connectivity index (χ4n) is 2.52. The molecule has 0 radical (unpaired) electrons. The first-order chi connectivity index (χ1) is 14.3. The Kier molecular flexibility index (Phi) is 6.42. The quantitative estimate of drug-likeness (QED) is 0.477. The van der Waals surface area contributed by atoms with E-state index in [1.54, 1.807) is 43.3 Å². The number of sulfonamides is 1. The van der Waals surface area contributed by atoms with Gasteiger partial charge < -0.3 is 15.4 Å². The van der Waals surface area contributed by atoms with E-state index in [1.807, 2.05) is 0 Å². The van der Waals surface area contributed by atoms with Crippen LogP contribution < -0.4 is 20.5 Å². The molecular weight excluding hydrogens is 426 g/mol. The Morgan fingerprint density at radius 1 is 1.17 bits per heavy atom. The molecule has 1 aromatic heterocycles. The third kappa shape index (κ3) is 5.39. The van der Waals surface area contributed by atoms with Gasteiger partial charge in [0.2, 0.25) is 16.0 Å². The van der Waals surface area contributed by atoms with E-state index < -0.39 is 10.0 Å². The van der Waals surface area contributed by atoms with E-state index in [4.69, 9.17) is 27.9 Å². The second-order valence-corrected chi connectivity index (χ2v) is 8.12. The summed E-state index contributed by atoms with van der Waals surface area (Å²) in [5, 5.41) is 11.6. The minimum atomic E-state index is -3.85. The van der Waals surface area contributed by atoms with Crippen LogP contribution in [0.3, 0.4) is 0 Å². The normalized spacial score (nSPS) is 10.9. The standard InChI is InChI=1S/C20H18ClN5O3S/c1-3-10-29-16-8-6-14(7-9-16)24-19-17(21)12-23-20(26-19)25-15-5-4-13(2)18(11-15)30(22,27)28/h1,4-9,11-12H,10H2,2H3,(H2,22,27,28)(H2,23,24,25,26). The van der Waals surface area contributed by atoms with Crippen molar-refractivity contribution in [3.63, 3.8) is 0 Å². The summed E-state index contributed by atoms with van der Waals surface area (Å²) in [6, 6.07) is 11.9. The molecule has 30 heavy (non-hydrogen) atoms. The first-order valence-electron chi connectivity index (χ1n) is 8.62. The molecule has 0 fully saturated rings. The first kappa shape index (κ1) is 21.4. The molecule has 0 atom stereocenters. The van der Waals surface area contributed by atoms with E-state index in [-0.39, 0.29) is 17.5 Å². The number of ether oxygens (including phenoxy) is 1. The van der Waals surface area contributed by atoms with E-state index in [0.717, 1.165) is 5.69 Å². The SMILES string of the molecule is C#CCOc1ccc(Nc2nc(Nc3ccc(C)c(S(N)(=O)=O)c3)ncc2Cl)cc1. The average molecular weight is 444 g/mol. The summed E-state index contributed by atoms with van der Waals surface area (Å²) < 4.78 is 28.8. The van der Waals surface area contributed by atoms with Crippen LogP contribution in [0.1, 0.15) is 5.56 Å². The number of hydrogen-bond donors (Lipinski definition) is 3. The summed E-state index contributed by atoms with van der Waals surface area (Å²) in [7, 11) is -3.85. The molecule has 0 spiro atoms. The minimum absolute atomic E-state index is 0.0203. The topological polar surface area (TPSA) is 119 Å². The largest absolute Gasteiger partial charge is 0.481 e. The predicted molar refractivity (Wildman–Crippen MR) is 117 cm³/mol. The Morgan fingerprint density at radius 2 is 1.87 bits per heavy atom. The zero-order chi connectivity index (χ0) is 21.7. The van der Waals surface area contributed by atoms with Crippen molar-refractivity contribution in [1.29, 1.82) is 0 Å². The molecule has 1 heterocycles. The number of halogens is 1. The van der Waals surface area contributed by atoms with Gasteiger partial charge in [0, 0.05) is 11.4 Å². The van der Waals surface area contributed by atoms with Gasteiger partial charge in [0.15, 0.2) is 5.82 Å². The smallest absolute Gasteiger partial charge is 0.238 e. The van der Waals surface area contributed by atoms with Gasteiger partial charge in [-0.15, -0.1) is 6.42 Å². The summed E-state index contributed by atoms with van der Waals surface area (Å²) in [5.74, 6) is 3.63. The highest BCUT2D eigenvalue weighted by Gasteiger charge is 2.13. The van der Waals surface area contributed by atoms with E-state index >= 15 is 0 Å². The van der Waals surface area contributed by atoms with Gasteiger partial charge in [-0.2, -0.15) is 4.98 Å². The molecule has 154 valence electrons. The number of primary sulfonamides is 1. The van der Waals surface area contributed by atoms with E-state index in [9.17, 15) is 8.42 Å². The van der Waals surface area contributed by atoms with Gasteiger partial charge in [-0.1, -0.05) is 23.6 Å². The second-order valence-electron chi connectivity index (χ2n) is 6.18. The minimum Gasteiger partial charge on any atom is -0.481 e. The summed E-state index contributed by atoms with van der Waals surface area (Å²) in [4.78, 5) is 8.49. The summed E-state index contributed by atoms with van der Waals surface area (Å²) >= 11 is 6.20. The van der Waals surface area contributed by atoms with Crippen LogP contribution in [0.25, 0.3) is 0 Å². The monoisotopic (exact) mass is 443 g/mol. The number of aryl methyl sites for hydroxylation is 1. The van der Waals surface area contributed by atoms with E-state index in [1.165, 1.54) is 12.3 Å². The number of anilines is 4. The molecule has 0 amide bonds. The highest BCUT2D eigenvalue weighted by molar-refractivity contribution is 7.89. The van der Waals surface area contributed by atoms with Crippen LogP contribution in [0.15, 0.2) is 53.6 Å². The van der Waals surface area contributed by atoms with Gasteiger partial charge in [0.05, 0.1) is 11.1 Å². The van der Waals surface area contributed by atoms with Crippen molar-refractivity contribution in [3.05, 3.63) is 59.2 Å². The number of hydrogen-bond acceptors (Lipinski definition) is 7. The molecule has 0 aliphatic carbocycles. The molecule has 3 rings (SSSR count). The van der Waals surface area contributed by atoms with Crippen LogP contribution in [-0.2, 0) is 10.0 Å². The molecule has 10 heteroatoms. The number of rotatable bonds is 7. The van der Waals surface area contributed by atoms with Crippen LogP contribution in [0, 0.1) is 19.3 Å². The molecule has 8 nitrogen and oxygen atoms in total. The van der Waals surface area contributed by atoms with Crippen molar-refractivity contribution in [3.8, 4) is 18.1 Å². The van der Waals surface area contributed by atoms with Gasteiger partial charge in [-0.05, 0) is 48.9 Å². The predicted octanol–water partition coefficient (Wildman–Crippen LogP) is 3.59. The molecule has 4 N–H and O–H groups in total. The Hall–Kier alpha value is -3.32.